The first-order chi connectivity index (χ1) is 11.1. The molecule has 1 aromatic carbocycles. The van der Waals surface area contributed by atoms with Crippen molar-refractivity contribution in [2.75, 3.05) is 13.3 Å². The van der Waals surface area contributed by atoms with Crippen LogP contribution in [0.25, 0.3) is 5.57 Å². The van der Waals surface area contributed by atoms with Gasteiger partial charge in [-0.3, -0.25) is 5.41 Å². The molecule has 0 atom stereocenters. The highest BCUT2D eigenvalue weighted by molar-refractivity contribution is 7.11. The Labute approximate surface area is 137 Å². The molecule has 6 nitrogen and oxygen atoms in total. The van der Waals surface area contributed by atoms with Crippen LogP contribution in [0.5, 0.6) is 11.5 Å². The molecule has 0 saturated carbocycles. The molecule has 23 heavy (non-hydrogen) atoms. The highest BCUT2D eigenvalue weighted by Crippen LogP contribution is 2.34. The van der Waals surface area contributed by atoms with Gasteiger partial charge in [0.05, 0.1) is 12.1 Å². The summed E-state index contributed by atoms with van der Waals surface area (Å²) in [7, 11) is 0. The maximum Gasteiger partial charge on any atom is 0.231 e. The molecule has 118 valence electrons. The van der Waals surface area contributed by atoms with Gasteiger partial charge >= 0.3 is 0 Å². The molecule has 0 spiro atoms. The first kappa shape index (κ1) is 14.1. The van der Waals surface area contributed by atoms with Crippen molar-refractivity contribution in [2.45, 2.75) is 13.5 Å². The lowest BCUT2D eigenvalue weighted by molar-refractivity contribution is 0.174. The van der Waals surface area contributed by atoms with Crippen LogP contribution in [-0.4, -0.2) is 34.2 Å². The van der Waals surface area contributed by atoms with Crippen molar-refractivity contribution in [3.63, 3.8) is 0 Å². The van der Waals surface area contributed by atoms with Crippen molar-refractivity contribution < 1.29 is 14.6 Å². The van der Waals surface area contributed by atoms with E-state index in [2.05, 4.69) is 4.98 Å². The predicted octanol–water partition coefficient (Wildman–Crippen LogP) is 2.94. The van der Waals surface area contributed by atoms with Crippen LogP contribution in [0.4, 0.5) is 0 Å². The Morgan fingerprint density at radius 1 is 1.35 bits per heavy atom. The maximum absolute atomic E-state index is 10.2. The zero-order chi connectivity index (χ0) is 16.0. The molecule has 0 unspecified atom stereocenters. The molecule has 0 amide bonds. The maximum atomic E-state index is 10.2. The molecule has 0 fully saturated rings. The fourth-order valence-electron chi connectivity index (χ4n) is 2.72. The number of ether oxygens (including phenoxy) is 2. The van der Waals surface area contributed by atoms with Crippen molar-refractivity contribution in [2.24, 2.45) is 0 Å². The Hall–Kier alpha value is -2.54. The van der Waals surface area contributed by atoms with E-state index in [9.17, 15) is 5.11 Å². The van der Waals surface area contributed by atoms with Crippen LogP contribution in [0.1, 0.15) is 16.3 Å². The summed E-state index contributed by atoms with van der Waals surface area (Å²) >= 11 is 1.45. The summed E-state index contributed by atoms with van der Waals surface area (Å²) in [5, 5.41) is 21.2. The summed E-state index contributed by atoms with van der Waals surface area (Å²) in [6.07, 6.45) is 0. The fraction of sp³-hybridized carbons (Fsp3) is 0.250. The highest BCUT2D eigenvalue weighted by atomic mass is 32.1. The van der Waals surface area contributed by atoms with Gasteiger partial charge in [-0.05, 0) is 24.6 Å². The number of aromatic nitrogens is 1. The smallest absolute Gasteiger partial charge is 0.231 e. The third-order valence-corrected chi connectivity index (χ3v) is 4.80. The van der Waals surface area contributed by atoms with E-state index in [1.165, 1.54) is 11.3 Å². The Bertz CT molecular complexity index is 828. The summed E-state index contributed by atoms with van der Waals surface area (Å²) in [6.45, 7) is 2.99. The van der Waals surface area contributed by atoms with Crippen LogP contribution < -0.4 is 9.47 Å². The minimum absolute atomic E-state index is 0.199. The fourth-order valence-corrected chi connectivity index (χ4v) is 3.59. The minimum Gasteiger partial charge on any atom is -0.510 e. The van der Waals surface area contributed by atoms with E-state index in [4.69, 9.17) is 14.9 Å². The molecular weight excluding hydrogens is 314 g/mol. The summed E-state index contributed by atoms with van der Waals surface area (Å²) in [6, 6.07) is 5.73. The molecule has 0 bridgehead atoms. The van der Waals surface area contributed by atoms with Crippen LogP contribution in [0.15, 0.2) is 29.3 Å². The van der Waals surface area contributed by atoms with E-state index in [0.29, 0.717) is 29.5 Å². The van der Waals surface area contributed by atoms with Crippen molar-refractivity contribution in [3.05, 3.63) is 45.6 Å². The molecule has 2 N–H and O–H groups in total. The highest BCUT2D eigenvalue weighted by Gasteiger charge is 2.30. The number of thiazole rings is 1. The average Bonchev–Trinajstić information content (AvgIpc) is 3.20. The van der Waals surface area contributed by atoms with Gasteiger partial charge in [-0.1, -0.05) is 6.07 Å². The van der Waals surface area contributed by atoms with E-state index >= 15 is 0 Å². The van der Waals surface area contributed by atoms with Crippen molar-refractivity contribution >= 4 is 22.7 Å². The molecular formula is C16H15N3O3S. The second kappa shape index (κ2) is 5.27. The van der Waals surface area contributed by atoms with Gasteiger partial charge in [0, 0.05) is 17.6 Å². The number of fused-ring (bicyclic) bond motifs is 1. The number of amidine groups is 1. The molecule has 2 aliphatic heterocycles. The van der Waals surface area contributed by atoms with Crippen molar-refractivity contribution in [1.82, 2.24) is 9.88 Å². The van der Waals surface area contributed by atoms with Crippen molar-refractivity contribution in [3.8, 4) is 11.5 Å². The zero-order valence-corrected chi connectivity index (χ0v) is 13.3. The number of nitrogens with one attached hydrogen (secondary N) is 1. The molecule has 2 aliphatic rings. The number of rotatable bonds is 3. The van der Waals surface area contributed by atoms with E-state index in [1.54, 1.807) is 0 Å². The number of hydrogen-bond acceptors (Lipinski definition) is 6. The van der Waals surface area contributed by atoms with Gasteiger partial charge in [0.15, 0.2) is 11.5 Å². The monoisotopic (exact) mass is 329 g/mol. The first-order valence-electron chi connectivity index (χ1n) is 7.19. The van der Waals surface area contributed by atoms with Crippen molar-refractivity contribution in [1.29, 1.82) is 5.41 Å². The van der Waals surface area contributed by atoms with Gasteiger partial charge in [-0.15, -0.1) is 11.3 Å². The molecule has 0 aliphatic carbocycles. The van der Waals surface area contributed by atoms with Crippen LogP contribution >= 0.6 is 11.3 Å². The number of benzene rings is 1. The number of aliphatic hydroxyl groups excluding tert-OH is 1. The lowest BCUT2D eigenvalue weighted by Crippen LogP contribution is -2.26. The molecule has 0 saturated heterocycles. The molecule has 2 aromatic rings. The van der Waals surface area contributed by atoms with E-state index < -0.39 is 0 Å². The summed E-state index contributed by atoms with van der Waals surface area (Å²) in [4.78, 5) is 6.20. The normalized spacial score (nSPS) is 16.6. The van der Waals surface area contributed by atoms with Gasteiger partial charge < -0.3 is 19.5 Å². The lowest BCUT2D eigenvalue weighted by atomic mass is 10.2. The number of aliphatic hydroxyl groups is 1. The first-order valence-corrected chi connectivity index (χ1v) is 8.07. The second-order valence-corrected chi connectivity index (χ2v) is 6.37. The predicted molar refractivity (Wildman–Crippen MR) is 87.1 cm³/mol. The van der Waals surface area contributed by atoms with Gasteiger partial charge in [0.2, 0.25) is 6.79 Å². The summed E-state index contributed by atoms with van der Waals surface area (Å²) in [5.74, 6) is 1.96. The Balaban J connectivity index is 1.55. The van der Waals surface area contributed by atoms with Gasteiger partial charge in [-0.2, -0.15) is 0 Å². The second-order valence-electron chi connectivity index (χ2n) is 5.51. The summed E-state index contributed by atoms with van der Waals surface area (Å²) < 4.78 is 10.7. The van der Waals surface area contributed by atoms with Crippen LogP contribution in [0.2, 0.25) is 0 Å². The van der Waals surface area contributed by atoms with E-state index in [-0.39, 0.29) is 12.6 Å². The molecule has 3 heterocycles. The Morgan fingerprint density at radius 2 is 2.17 bits per heavy atom. The number of hydrogen-bond donors (Lipinski definition) is 2. The minimum atomic E-state index is 0.199. The molecule has 0 radical (unpaired) electrons. The van der Waals surface area contributed by atoms with Gasteiger partial charge in [0.25, 0.3) is 0 Å². The van der Waals surface area contributed by atoms with Gasteiger partial charge in [0.1, 0.15) is 16.6 Å². The molecule has 1 aromatic heterocycles. The largest absolute Gasteiger partial charge is 0.510 e. The third-order valence-electron chi connectivity index (χ3n) is 3.83. The lowest BCUT2D eigenvalue weighted by Gasteiger charge is -2.18. The van der Waals surface area contributed by atoms with E-state index in [1.807, 2.05) is 35.4 Å². The number of aryl methyl sites for hydroxylation is 1. The van der Waals surface area contributed by atoms with Crippen LogP contribution in [0.3, 0.4) is 0 Å². The van der Waals surface area contributed by atoms with E-state index in [0.717, 1.165) is 22.8 Å². The standard InChI is InChI=1S/C16H15N3O3S/c1-9-7-23-16(18-9)14-11(20)6-19(15(14)17)5-10-2-3-12-13(4-10)22-8-21-12/h2-4,7,17,20H,5-6,8H2,1H3. The van der Waals surface area contributed by atoms with Crippen LogP contribution in [-0.2, 0) is 6.54 Å². The Morgan fingerprint density at radius 3 is 2.96 bits per heavy atom. The molecule has 7 heteroatoms. The average molecular weight is 329 g/mol. The number of nitrogens with zero attached hydrogens (tertiary/aromatic N) is 2. The quantitative estimate of drug-likeness (QED) is 0.905. The topological polar surface area (TPSA) is 78.7 Å². The zero-order valence-electron chi connectivity index (χ0n) is 12.5. The van der Waals surface area contributed by atoms with Gasteiger partial charge in [-0.25, -0.2) is 4.98 Å². The third kappa shape index (κ3) is 2.43. The molecule has 4 rings (SSSR count). The summed E-state index contributed by atoms with van der Waals surface area (Å²) in [5.41, 5.74) is 2.43. The van der Waals surface area contributed by atoms with Crippen LogP contribution in [0, 0.1) is 12.3 Å². The SMILES string of the molecule is Cc1csc(C2=C(O)CN(Cc3ccc4c(c3)OCO4)C2=N)n1. The Kier molecular flexibility index (Phi) is 3.23.